The van der Waals surface area contributed by atoms with Gasteiger partial charge in [-0.2, -0.15) is 0 Å². The highest BCUT2D eigenvalue weighted by molar-refractivity contribution is 7.07. The largest absolute Gasteiger partial charge is 0.467 e. The zero-order chi connectivity index (χ0) is 11.2. The van der Waals surface area contributed by atoms with Crippen LogP contribution < -0.4 is 5.32 Å². The molecule has 1 saturated heterocycles. The Morgan fingerprint density at radius 1 is 1.62 bits per heavy atom. The van der Waals surface area contributed by atoms with E-state index in [0.29, 0.717) is 19.0 Å². The van der Waals surface area contributed by atoms with Gasteiger partial charge in [0, 0.05) is 11.3 Å². The number of aromatic nitrogens is 1. The third-order valence-corrected chi connectivity index (χ3v) is 3.73. The molecule has 16 heavy (non-hydrogen) atoms. The molecule has 0 amide bonds. The Hall–Kier alpha value is -0.940. The van der Waals surface area contributed by atoms with E-state index in [-0.39, 0.29) is 5.92 Å². The van der Waals surface area contributed by atoms with Crippen LogP contribution in [0.5, 0.6) is 0 Å². The molecule has 1 N–H and O–H groups in total. The van der Waals surface area contributed by atoms with Crippen LogP contribution in [-0.4, -0.2) is 31.2 Å². The highest BCUT2D eigenvalue weighted by Crippen LogP contribution is 2.30. The van der Waals surface area contributed by atoms with E-state index in [1.165, 1.54) is 0 Å². The Labute approximate surface area is 99.0 Å². The quantitative estimate of drug-likeness (QED) is 0.790. The van der Waals surface area contributed by atoms with Crippen LogP contribution in [0.25, 0.3) is 0 Å². The highest BCUT2D eigenvalue weighted by Gasteiger charge is 2.26. The maximum absolute atomic E-state index is 10.3. The lowest BCUT2D eigenvalue weighted by Gasteiger charge is -2.29. The van der Waals surface area contributed by atoms with Crippen LogP contribution in [0, 0.1) is 5.92 Å². The minimum atomic E-state index is 0.263. The summed E-state index contributed by atoms with van der Waals surface area (Å²) in [5.41, 5.74) is 2.91. The Bertz CT molecular complexity index is 310. The minimum absolute atomic E-state index is 0.263. The number of thiazole rings is 1. The molecule has 0 saturated carbocycles. The molecule has 88 valence electrons. The SMILES string of the molecule is O=COCC(c1cscn1)C1CCNCC1. The maximum atomic E-state index is 10.3. The Morgan fingerprint density at radius 3 is 3.06 bits per heavy atom. The van der Waals surface area contributed by atoms with Gasteiger partial charge in [-0.15, -0.1) is 11.3 Å². The molecule has 1 fully saturated rings. The predicted octanol–water partition coefficient (Wildman–Crippen LogP) is 1.40. The van der Waals surface area contributed by atoms with Gasteiger partial charge in [-0.25, -0.2) is 4.98 Å². The average molecular weight is 240 g/mol. The number of rotatable bonds is 5. The topological polar surface area (TPSA) is 51.2 Å². The number of nitrogens with one attached hydrogen (secondary N) is 1. The van der Waals surface area contributed by atoms with Crippen LogP contribution in [0.3, 0.4) is 0 Å². The Kier molecular flexibility index (Phi) is 4.30. The number of ether oxygens (including phenoxy) is 1. The average Bonchev–Trinajstić information content (AvgIpc) is 2.85. The predicted molar refractivity (Wildman–Crippen MR) is 62.5 cm³/mol. The van der Waals surface area contributed by atoms with Crippen LogP contribution in [0.1, 0.15) is 24.5 Å². The maximum Gasteiger partial charge on any atom is 0.293 e. The summed E-state index contributed by atoms with van der Waals surface area (Å²) in [5.74, 6) is 0.835. The highest BCUT2D eigenvalue weighted by atomic mass is 32.1. The minimum Gasteiger partial charge on any atom is -0.467 e. The first kappa shape index (κ1) is 11.5. The van der Waals surface area contributed by atoms with Gasteiger partial charge in [0.15, 0.2) is 0 Å². The Morgan fingerprint density at radius 2 is 2.44 bits per heavy atom. The third kappa shape index (κ3) is 2.80. The molecule has 4 nitrogen and oxygen atoms in total. The van der Waals surface area contributed by atoms with E-state index in [1.54, 1.807) is 11.3 Å². The molecule has 1 atom stereocenters. The van der Waals surface area contributed by atoms with Crippen molar-refractivity contribution >= 4 is 17.8 Å². The van der Waals surface area contributed by atoms with Crippen molar-refractivity contribution in [1.82, 2.24) is 10.3 Å². The molecule has 0 aliphatic carbocycles. The van der Waals surface area contributed by atoms with Crippen molar-refractivity contribution in [1.29, 1.82) is 0 Å². The molecular weight excluding hydrogens is 224 g/mol. The molecule has 1 aromatic rings. The first-order chi connectivity index (χ1) is 7.92. The second kappa shape index (κ2) is 5.96. The summed E-state index contributed by atoms with van der Waals surface area (Å²) in [7, 11) is 0. The number of piperidine rings is 1. The van der Waals surface area contributed by atoms with Gasteiger partial charge >= 0.3 is 0 Å². The molecular formula is C11H16N2O2S. The van der Waals surface area contributed by atoms with Gasteiger partial charge in [-0.05, 0) is 31.8 Å². The van der Waals surface area contributed by atoms with Crippen LogP contribution in [-0.2, 0) is 9.53 Å². The Balaban J connectivity index is 2.03. The fourth-order valence-electron chi connectivity index (χ4n) is 2.26. The molecule has 0 bridgehead atoms. The summed E-state index contributed by atoms with van der Waals surface area (Å²) in [6.45, 7) is 3.08. The van der Waals surface area contributed by atoms with Crippen LogP contribution in [0.2, 0.25) is 0 Å². The molecule has 1 unspecified atom stereocenters. The number of nitrogens with zero attached hydrogens (tertiary/aromatic N) is 1. The van der Waals surface area contributed by atoms with E-state index in [1.807, 2.05) is 5.51 Å². The molecule has 1 aliphatic heterocycles. The molecule has 2 rings (SSSR count). The van der Waals surface area contributed by atoms with Crippen molar-refractivity contribution in [2.24, 2.45) is 5.92 Å². The summed E-state index contributed by atoms with van der Waals surface area (Å²) < 4.78 is 4.94. The van der Waals surface area contributed by atoms with E-state index in [4.69, 9.17) is 4.74 Å². The van der Waals surface area contributed by atoms with Crippen LogP contribution in [0.4, 0.5) is 0 Å². The van der Waals surface area contributed by atoms with E-state index in [9.17, 15) is 4.79 Å². The number of carbonyl (C=O) groups is 1. The molecule has 1 aliphatic rings. The summed E-state index contributed by atoms with van der Waals surface area (Å²) >= 11 is 1.59. The van der Waals surface area contributed by atoms with Gasteiger partial charge in [-0.3, -0.25) is 4.79 Å². The van der Waals surface area contributed by atoms with Crippen molar-refractivity contribution in [3.63, 3.8) is 0 Å². The lowest BCUT2D eigenvalue weighted by Crippen LogP contribution is -2.32. The summed E-state index contributed by atoms with van der Waals surface area (Å²) in [6.07, 6.45) is 2.26. The van der Waals surface area contributed by atoms with Crippen LogP contribution >= 0.6 is 11.3 Å². The zero-order valence-electron chi connectivity index (χ0n) is 9.09. The summed E-state index contributed by atoms with van der Waals surface area (Å²) in [4.78, 5) is 14.7. The number of carbonyl (C=O) groups excluding carboxylic acids is 1. The summed E-state index contributed by atoms with van der Waals surface area (Å²) in [5, 5.41) is 5.40. The van der Waals surface area contributed by atoms with E-state index < -0.39 is 0 Å². The fourth-order valence-corrected chi connectivity index (χ4v) is 2.88. The van der Waals surface area contributed by atoms with Crippen LogP contribution in [0.15, 0.2) is 10.9 Å². The lowest BCUT2D eigenvalue weighted by atomic mass is 9.83. The molecule has 5 heteroatoms. The number of hydrogen-bond acceptors (Lipinski definition) is 5. The van der Waals surface area contributed by atoms with Gasteiger partial charge in [0.1, 0.15) is 0 Å². The monoisotopic (exact) mass is 240 g/mol. The van der Waals surface area contributed by atoms with Gasteiger partial charge in [0.25, 0.3) is 6.47 Å². The third-order valence-electron chi connectivity index (χ3n) is 3.13. The normalized spacial score (nSPS) is 19.2. The first-order valence-corrected chi connectivity index (χ1v) is 6.50. The molecule has 0 radical (unpaired) electrons. The second-order valence-electron chi connectivity index (χ2n) is 4.04. The fraction of sp³-hybridized carbons (Fsp3) is 0.636. The van der Waals surface area contributed by atoms with Crippen molar-refractivity contribution in [2.75, 3.05) is 19.7 Å². The molecule has 1 aromatic heterocycles. The number of hydrogen-bond donors (Lipinski definition) is 1. The van der Waals surface area contributed by atoms with Crippen molar-refractivity contribution in [3.8, 4) is 0 Å². The van der Waals surface area contributed by atoms with Gasteiger partial charge in [0.2, 0.25) is 0 Å². The first-order valence-electron chi connectivity index (χ1n) is 5.56. The molecule has 0 aromatic carbocycles. The van der Waals surface area contributed by atoms with Crippen molar-refractivity contribution in [2.45, 2.75) is 18.8 Å². The zero-order valence-corrected chi connectivity index (χ0v) is 9.91. The van der Waals surface area contributed by atoms with Gasteiger partial charge in [0.05, 0.1) is 17.8 Å². The van der Waals surface area contributed by atoms with Gasteiger partial charge < -0.3 is 10.1 Å². The van der Waals surface area contributed by atoms with Crippen molar-refractivity contribution in [3.05, 3.63) is 16.6 Å². The van der Waals surface area contributed by atoms with E-state index in [0.717, 1.165) is 31.6 Å². The summed E-state index contributed by atoms with van der Waals surface area (Å²) in [6, 6.07) is 0. The molecule has 2 heterocycles. The standard InChI is InChI=1S/C11H16N2O2S/c14-8-15-5-10(11-6-16-7-13-11)9-1-3-12-4-2-9/h6-10,12H,1-5H2. The van der Waals surface area contributed by atoms with E-state index in [2.05, 4.69) is 15.7 Å². The second-order valence-corrected chi connectivity index (χ2v) is 4.76. The van der Waals surface area contributed by atoms with Gasteiger partial charge in [-0.1, -0.05) is 0 Å². The molecule has 0 spiro atoms. The smallest absolute Gasteiger partial charge is 0.293 e. The van der Waals surface area contributed by atoms with Crippen molar-refractivity contribution < 1.29 is 9.53 Å². The lowest BCUT2D eigenvalue weighted by molar-refractivity contribution is -0.129. The van der Waals surface area contributed by atoms with E-state index >= 15 is 0 Å².